The molecule has 0 fully saturated rings. The Bertz CT molecular complexity index is 642. The van der Waals surface area contributed by atoms with Crippen molar-refractivity contribution in [1.29, 1.82) is 0 Å². The summed E-state index contributed by atoms with van der Waals surface area (Å²) in [4.78, 5) is 23.4. The van der Waals surface area contributed by atoms with Gasteiger partial charge in [0.15, 0.2) is 0 Å². The average molecular weight is 313 g/mol. The number of carbonyl (C=O) groups excluding carboxylic acids is 1. The van der Waals surface area contributed by atoms with Gasteiger partial charge in [-0.1, -0.05) is 42.5 Å². The number of carbonyl (C=O) groups is 2. The molecule has 120 valence electrons. The van der Waals surface area contributed by atoms with E-state index in [9.17, 15) is 14.7 Å². The van der Waals surface area contributed by atoms with Crippen molar-refractivity contribution in [2.75, 3.05) is 13.2 Å². The van der Waals surface area contributed by atoms with Gasteiger partial charge in [0.25, 0.3) is 0 Å². The van der Waals surface area contributed by atoms with Gasteiger partial charge in [-0.15, -0.1) is 0 Å². The smallest absolute Gasteiger partial charge is 0.407 e. The lowest BCUT2D eigenvalue weighted by Crippen LogP contribution is -2.30. The van der Waals surface area contributed by atoms with Gasteiger partial charge in [0, 0.05) is 18.7 Å². The van der Waals surface area contributed by atoms with Crippen LogP contribution in [0.3, 0.4) is 0 Å². The second kappa shape index (κ2) is 8.58. The summed E-state index contributed by atoms with van der Waals surface area (Å²) in [6.07, 6.45) is 0.389. The molecule has 0 saturated heterocycles. The molecule has 0 aliphatic heterocycles. The molecule has 0 radical (unpaired) electrons. The van der Waals surface area contributed by atoms with Crippen LogP contribution in [0.25, 0.3) is 0 Å². The molecule has 5 nitrogen and oxygen atoms in total. The first-order chi connectivity index (χ1) is 11.2. The first-order valence-electron chi connectivity index (χ1n) is 7.39. The van der Waals surface area contributed by atoms with Gasteiger partial charge in [-0.3, -0.25) is 4.79 Å². The number of aldehydes is 1. The third-order valence-corrected chi connectivity index (χ3v) is 3.32. The van der Waals surface area contributed by atoms with E-state index in [0.29, 0.717) is 37.4 Å². The van der Waals surface area contributed by atoms with E-state index in [1.165, 1.54) is 4.90 Å². The van der Waals surface area contributed by atoms with E-state index >= 15 is 0 Å². The van der Waals surface area contributed by atoms with Crippen molar-refractivity contribution >= 4 is 12.4 Å². The van der Waals surface area contributed by atoms with Gasteiger partial charge in [-0.05, 0) is 24.1 Å². The molecule has 0 atom stereocenters. The summed E-state index contributed by atoms with van der Waals surface area (Å²) in [5.41, 5.74) is 1.51. The second-order valence-electron chi connectivity index (χ2n) is 5.08. The highest BCUT2D eigenvalue weighted by atomic mass is 16.5. The number of rotatable bonds is 8. The molecule has 0 spiro atoms. The number of ether oxygens (including phenoxy) is 1. The third-order valence-electron chi connectivity index (χ3n) is 3.32. The highest BCUT2D eigenvalue weighted by Crippen LogP contribution is 2.12. The Balaban J connectivity index is 1.80. The molecule has 2 aromatic carbocycles. The Morgan fingerprint density at radius 1 is 1.13 bits per heavy atom. The zero-order valence-electron chi connectivity index (χ0n) is 12.7. The van der Waals surface area contributed by atoms with Gasteiger partial charge < -0.3 is 14.7 Å². The first kappa shape index (κ1) is 16.5. The largest absolute Gasteiger partial charge is 0.494 e. The van der Waals surface area contributed by atoms with Crippen LogP contribution in [-0.4, -0.2) is 35.5 Å². The molecule has 0 aliphatic carbocycles. The molecule has 5 heteroatoms. The molecule has 0 unspecified atom stereocenters. The predicted octanol–water partition coefficient (Wildman–Crippen LogP) is 3.45. The van der Waals surface area contributed by atoms with E-state index in [-0.39, 0.29) is 0 Å². The van der Waals surface area contributed by atoms with Gasteiger partial charge in [0.2, 0.25) is 0 Å². The minimum atomic E-state index is -0.947. The highest BCUT2D eigenvalue weighted by Gasteiger charge is 2.11. The second-order valence-corrected chi connectivity index (χ2v) is 5.08. The highest BCUT2D eigenvalue weighted by molar-refractivity contribution is 5.75. The summed E-state index contributed by atoms with van der Waals surface area (Å²) >= 11 is 0. The van der Waals surface area contributed by atoms with E-state index in [0.717, 1.165) is 11.8 Å². The fraction of sp³-hybridized carbons (Fsp3) is 0.222. The molecule has 2 rings (SSSR count). The molecule has 23 heavy (non-hydrogen) atoms. The van der Waals surface area contributed by atoms with Crippen molar-refractivity contribution in [1.82, 2.24) is 4.90 Å². The Kier molecular flexibility index (Phi) is 6.17. The van der Waals surface area contributed by atoms with E-state index in [1.54, 1.807) is 24.3 Å². The Morgan fingerprint density at radius 3 is 2.61 bits per heavy atom. The van der Waals surface area contributed by atoms with E-state index < -0.39 is 6.09 Å². The fourth-order valence-corrected chi connectivity index (χ4v) is 2.17. The summed E-state index contributed by atoms with van der Waals surface area (Å²) in [6, 6.07) is 16.4. The van der Waals surface area contributed by atoms with Crippen LogP contribution in [0.4, 0.5) is 4.79 Å². The van der Waals surface area contributed by atoms with E-state index in [4.69, 9.17) is 4.74 Å². The van der Waals surface area contributed by atoms with Crippen LogP contribution in [0.15, 0.2) is 54.6 Å². The Hall–Kier alpha value is -2.82. The zero-order valence-corrected chi connectivity index (χ0v) is 12.7. The summed E-state index contributed by atoms with van der Waals surface area (Å²) in [6.45, 7) is 1.13. The minimum absolute atomic E-state index is 0.358. The number of hydrogen-bond donors (Lipinski definition) is 1. The van der Waals surface area contributed by atoms with Crippen LogP contribution in [0, 0.1) is 0 Å². The maximum atomic E-state index is 11.3. The summed E-state index contributed by atoms with van der Waals surface area (Å²) < 4.78 is 5.55. The van der Waals surface area contributed by atoms with Crippen molar-refractivity contribution in [2.24, 2.45) is 0 Å². The summed E-state index contributed by atoms with van der Waals surface area (Å²) in [7, 11) is 0. The lowest BCUT2D eigenvalue weighted by Gasteiger charge is -2.19. The van der Waals surface area contributed by atoms with Crippen LogP contribution in [0.2, 0.25) is 0 Å². The van der Waals surface area contributed by atoms with Crippen LogP contribution < -0.4 is 4.74 Å². The SMILES string of the molecule is O=Cc1cccc(OCCCN(Cc2ccccc2)C(=O)O)c1. The van der Waals surface area contributed by atoms with Crippen molar-refractivity contribution in [2.45, 2.75) is 13.0 Å². The number of amides is 1. The van der Waals surface area contributed by atoms with Crippen LogP contribution in [-0.2, 0) is 6.54 Å². The number of hydrogen-bond acceptors (Lipinski definition) is 3. The van der Waals surface area contributed by atoms with Crippen molar-refractivity contribution < 1.29 is 19.4 Å². The van der Waals surface area contributed by atoms with Crippen molar-refractivity contribution in [3.8, 4) is 5.75 Å². The first-order valence-corrected chi connectivity index (χ1v) is 7.39. The Labute approximate surface area is 135 Å². The van der Waals surface area contributed by atoms with Gasteiger partial charge in [0.1, 0.15) is 12.0 Å². The lowest BCUT2D eigenvalue weighted by atomic mass is 10.2. The van der Waals surface area contributed by atoms with Gasteiger partial charge in [0.05, 0.1) is 6.61 Å². The fourth-order valence-electron chi connectivity index (χ4n) is 2.17. The van der Waals surface area contributed by atoms with Gasteiger partial charge in [-0.2, -0.15) is 0 Å². The maximum Gasteiger partial charge on any atom is 0.407 e. The van der Waals surface area contributed by atoms with E-state index in [2.05, 4.69) is 0 Å². The standard InChI is InChI=1S/C18H19NO4/c20-14-16-8-4-9-17(12-16)23-11-5-10-19(18(21)22)13-15-6-2-1-3-7-15/h1-4,6-9,12,14H,5,10-11,13H2,(H,21,22). The van der Waals surface area contributed by atoms with Crippen molar-refractivity contribution in [3.05, 3.63) is 65.7 Å². The Morgan fingerprint density at radius 2 is 1.91 bits per heavy atom. The molecule has 1 amide bonds. The summed E-state index contributed by atoms with van der Waals surface area (Å²) in [5, 5.41) is 9.27. The molecule has 0 saturated carbocycles. The zero-order chi connectivity index (χ0) is 16.5. The normalized spacial score (nSPS) is 10.1. The molecule has 0 heterocycles. The minimum Gasteiger partial charge on any atom is -0.494 e. The topological polar surface area (TPSA) is 66.8 Å². The molecule has 0 bridgehead atoms. The predicted molar refractivity (Wildman–Crippen MR) is 86.8 cm³/mol. The van der Waals surface area contributed by atoms with Crippen LogP contribution in [0.1, 0.15) is 22.3 Å². The van der Waals surface area contributed by atoms with Crippen LogP contribution in [0.5, 0.6) is 5.75 Å². The molecule has 0 aliphatic rings. The third kappa shape index (κ3) is 5.47. The average Bonchev–Trinajstić information content (AvgIpc) is 2.58. The molecular weight excluding hydrogens is 294 g/mol. The maximum absolute atomic E-state index is 11.3. The lowest BCUT2D eigenvalue weighted by molar-refractivity contribution is 0.112. The van der Waals surface area contributed by atoms with E-state index in [1.807, 2.05) is 30.3 Å². The number of nitrogens with zero attached hydrogens (tertiary/aromatic N) is 1. The van der Waals surface area contributed by atoms with Crippen molar-refractivity contribution in [3.63, 3.8) is 0 Å². The molecule has 1 N–H and O–H groups in total. The van der Waals surface area contributed by atoms with Gasteiger partial charge in [-0.25, -0.2) is 4.79 Å². The molecule has 2 aromatic rings. The molecule has 0 aromatic heterocycles. The summed E-state index contributed by atoms with van der Waals surface area (Å²) in [5.74, 6) is 0.611. The molecular formula is C18H19NO4. The number of carboxylic acid groups (broad SMARTS) is 1. The van der Waals surface area contributed by atoms with Gasteiger partial charge >= 0.3 is 6.09 Å². The quantitative estimate of drug-likeness (QED) is 0.599. The van der Waals surface area contributed by atoms with Crippen LogP contribution >= 0.6 is 0 Å². The number of benzene rings is 2. The monoisotopic (exact) mass is 313 g/mol.